The molecule has 0 aliphatic heterocycles. The molecule has 6 aromatic rings. The molecule has 0 amide bonds. The third kappa shape index (κ3) is 4.14. The summed E-state index contributed by atoms with van der Waals surface area (Å²) < 4.78 is 16.1. The number of nitrogens with zero attached hydrogens (tertiary/aromatic N) is 5. The Morgan fingerprint density at radius 3 is 2.58 bits per heavy atom. The lowest BCUT2D eigenvalue weighted by Crippen LogP contribution is -2.33. The Hall–Kier alpha value is -4.70. The summed E-state index contributed by atoms with van der Waals surface area (Å²) >= 11 is 0. The molecular weight excluding hydrogens is 483 g/mol. The van der Waals surface area contributed by atoms with Crippen molar-refractivity contribution >= 4 is 27.6 Å². The van der Waals surface area contributed by atoms with E-state index in [9.17, 15) is 5.11 Å². The van der Waals surface area contributed by atoms with Gasteiger partial charge in [-0.2, -0.15) is 5.10 Å². The van der Waals surface area contributed by atoms with Crippen molar-refractivity contribution in [2.24, 2.45) is 5.41 Å². The van der Waals surface area contributed by atoms with Crippen molar-refractivity contribution in [3.05, 3.63) is 73.2 Å². The van der Waals surface area contributed by atoms with Crippen LogP contribution in [0.1, 0.15) is 20.8 Å². The maximum absolute atomic E-state index is 16.1. The fourth-order valence-corrected chi connectivity index (χ4v) is 4.27. The Morgan fingerprint density at radius 2 is 1.79 bits per heavy atom. The molecule has 6 rings (SSSR count). The average molecular weight is 509 g/mol. The van der Waals surface area contributed by atoms with Gasteiger partial charge in [-0.1, -0.05) is 20.8 Å². The Bertz CT molecular complexity index is 1770. The molecule has 10 heteroatoms. The summed E-state index contributed by atoms with van der Waals surface area (Å²) in [6.45, 7) is 5.76. The van der Waals surface area contributed by atoms with Crippen molar-refractivity contribution in [2.45, 2.75) is 27.0 Å². The minimum absolute atomic E-state index is 0.311. The monoisotopic (exact) mass is 508 g/mol. The number of aliphatic hydroxyl groups excluding tert-OH is 1. The Balaban J connectivity index is 1.44. The molecule has 1 atom stereocenters. The van der Waals surface area contributed by atoms with Crippen LogP contribution in [0.2, 0.25) is 0 Å². The summed E-state index contributed by atoms with van der Waals surface area (Å²) in [4.78, 5) is 20.9. The van der Waals surface area contributed by atoms with Gasteiger partial charge in [0.25, 0.3) is 0 Å². The molecule has 4 N–H and O–H groups in total. The van der Waals surface area contributed by atoms with Crippen LogP contribution in [0.25, 0.3) is 55.8 Å². The van der Waals surface area contributed by atoms with Gasteiger partial charge >= 0.3 is 0 Å². The standard InChI is InChI=1S/C28H25FN8O/c1-28(2,3)27(38)33-17-11-16(13-31-14-17)18-6-7-19-21(22(18)29)25(37-36-19)26-34-20-8-10-32-23(24(20)35-26)15-5-4-9-30-12-15/h4-14,27,33,38H,1-3H3,(H,34,35)(H,36,37). The quantitative estimate of drug-likeness (QED) is 0.225. The van der Waals surface area contributed by atoms with Crippen LogP contribution in [0.15, 0.2) is 67.4 Å². The van der Waals surface area contributed by atoms with Gasteiger partial charge in [0.1, 0.15) is 23.3 Å². The lowest BCUT2D eigenvalue weighted by Gasteiger charge is -2.27. The van der Waals surface area contributed by atoms with Gasteiger partial charge in [-0.15, -0.1) is 0 Å². The second kappa shape index (κ2) is 9.00. The van der Waals surface area contributed by atoms with Gasteiger partial charge < -0.3 is 15.4 Å². The molecule has 0 bridgehead atoms. The van der Waals surface area contributed by atoms with Gasteiger partial charge in [-0.05, 0) is 36.4 Å². The van der Waals surface area contributed by atoms with Crippen molar-refractivity contribution in [1.29, 1.82) is 0 Å². The second-order valence-corrected chi connectivity index (χ2v) is 10.2. The fraction of sp³-hybridized carbons (Fsp3) is 0.179. The van der Waals surface area contributed by atoms with Gasteiger partial charge in [0.15, 0.2) is 5.82 Å². The SMILES string of the molecule is CC(C)(C)C(O)Nc1cncc(-c2ccc3[nH]nc(-c4nc5c(-c6cccnc6)nccc5[nH]4)c3c2F)c1. The van der Waals surface area contributed by atoms with Crippen LogP contribution in [-0.4, -0.2) is 46.5 Å². The van der Waals surface area contributed by atoms with E-state index < -0.39 is 12.0 Å². The number of rotatable bonds is 5. The third-order valence-corrected chi connectivity index (χ3v) is 6.40. The minimum Gasteiger partial charge on any atom is -0.373 e. The summed E-state index contributed by atoms with van der Waals surface area (Å²) in [7, 11) is 0. The molecule has 5 aromatic heterocycles. The van der Waals surface area contributed by atoms with E-state index in [4.69, 9.17) is 4.98 Å². The first kappa shape index (κ1) is 23.7. The molecule has 0 aliphatic carbocycles. The van der Waals surface area contributed by atoms with Gasteiger partial charge in [0, 0.05) is 46.9 Å². The number of imidazole rings is 1. The molecule has 1 unspecified atom stereocenters. The molecule has 0 saturated carbocycles. The van der Waals surface area contributed by atoms with Crippen LogP contribution in [0.4, 0.5) is 10.1 Å². The van der Waals surface area contributed by atoms with E-state index >= 15 is 4.39 Å². The average Bonchev–Trinajstić information content (AvgIpc) is 3.54. The highest BCUT2D eigenvalue weighted by Gasteiger charge is 2.23. The predicted molar refractivity (Wildman–Crippen MR) is 144 cm³/mol. The molecule has 0 radical (unpaired) electrons. The van der Waals surface area contributed by atoms with Crippen LogP contribution >= 0.6 is 0 Å². The van der Waals surface area contributed by atoms with E-state index in [1.165, 1.54) is 0 Å². The lowest BCUT2D eigenvalue weighted by molar-refractivity contribution is 0.0880. The highest BCUT2D eigenvalue weighted by Crippen LogP contribution is 2.35. The van der Waals surface area contributed by atoms with Crippen molar-refractivity contribution in [2.75, 3.05) is 5.32 Å². The van der Waals surface area contributed by atoms with Crippen molar-refractivity contribution < 1.29 is 9.50 Å². The lowest BCUT2D eigenvalue weighted by atomic mass is 9.94. The number of anilines is 1. The smallest absolute Gasteiger partial charge is 0.159 e. The zero-order valence-electron chi connectivity index (χ0n) is 21.0. The van der Waals surface area contributed by atoms with Crippen LogP contribution in [-0.2, 0) is 0 Å². The zero-order valence-corrected chi connectivity index (χ0v) is 21.0. The first-order valence-electron chi connectivity index (χ1n) is 12.1. The van der Waals surface area contributed by atoms with E-state index in [1.54, 1.807) is 49.2 Å². The third-order valence-electron chi connectivity index (χ3n) is 6.40. The fourth-order valence-electron chi connectivity index (χ4n) is 4.27. The topological polar surface area (TPSA) is 128 Å². The van der Waals surface area contributed by atoms with E-state index in [2.05, 4.69) is 35.5 Å². The molecule has 9 nitrogen and oxygen atoms in total. The molecular formula is C28H25FN8O. The summed E-state index contributed by atoms with van der Waals surface area (Å²) in [5, 5.41) is 21.1. The van der Waals surface area contributed by atoms with Crippen LogP contribution in [0.3, 0.4) is 0 Å². The largest absolute Gasteiger partial charge is 0.373 e. The molecule has 0 spiro atoms. The van der Waals surface area contributed by atoms with Gasteiger partial charge in [0.05, 0.1) is 34.0 Å². The van der Waals surface area contributed by atoms with Gasteiger partial charge in [-0.25, -0.2) is 9.37 Å². The number of aliphatic hydroxyl groups is 1. The maximum Gasteiger partial charge on any atom is 0.159 e. The van der Waals surface area contributed by atoms with Crippen molar-refractivity contribution in [3.8, 4) is 33.9 Å². The van der Waals surface area contributed by atoms with Crippen LogP contribution in [0.5, 0.6) is 0 Å². The van der Waals surface area contributed by atoms with Gasteiger partial charge in [0.2, 0.25) is 0 Å². The number of H-pyrrole nitrogens is 2. The molecule has 1 aromatic carbocycles. The van der Waals surface area contributed by atoms with E-state index in [0.29, 0.717) is 50.4 Å². The van der Waals surface area contributed by atoms with Gasteiger partial charge in [-0.3, -0.25) is 20.1 Å². The van der Waals surface area contributed by atoms with Crippen molar-refractivity contribution in [3.63, 3.8) is 0 Å². The number of benzene rings is 1. The highest BCUT2D eigenvalue weighted by molar-refractivity contribution is 5.98. The zero-order chi connectivity index (χ0) is 26.4. The number of hydrogen-bond acceptors (Lipinski definition) is 7. The Morgan fingerprint density at radius 1 is 0.947 bits per heavy atom. The molecule has 0 fully saturated rings. The number of aromatic nitrogens is 7. The summed E-state index contributed by atoms with van der Waals surface area (Å²) in [6, 6.07) is 10.8. The summed E-state index contributed by atoms with van der Waals surface area (Å²) in [6.07, 6.45) is 7.50. The molecule has 190 valence electrons. The second-order valence-electron chi connectivity index (χ2n) is 10.2. The summed E-state index contributed by atoms with van der Waals surface area (Å²) in [5.41, 5.74) is 4.92. The highest BCUT2D eigenvalue weighted by atomic mass is 19.1. The predicted octanol–water partition coefficient (Wildman–Crippen LogP) is 5.54. The molecule has 5 heterocycles. The van der Waals surface area contributed by atoms with Crippen LogP contribution in [0, 0.1) is 11.2 Å². The molecule has 0 saturated heterocycles. The van der Waals surface area contributed by atoms with E-state index in [-0.39, 0.29) is 5.41 Å². The number of hydrogen-bond donors (Lipinski definition) is 4. The van der Waals surface area contributed by atoms with Crippen LogP contribution < -0.4 is 5.32 Å². The first-order valence-corrected chi connectivity index (χ1v) is 12.1. The molecule has 0 aliphatic rings. The van der Waals surface area contributed by atoms with Crippen molar-refractivity contribution in [1.82, 2.24) is 35.1 Å². The Labute approximate surface area is 217 Å². The number of nitrogens with one attached hydrogen (secondary N) is 3. The number of aromatic amines is 2. The Kier molecular flexibility index (Phi) is 5.61. The normalized spacial score (nSPS) is 12.8. The first-order chi connectivity index (χ1) is 18.3. The maximum atomic E-state index is 16.1. The van der Waals surface area contributed by atoms with E-state index in [1.807, 2.05) is 39.0 Å². The number of pyridine rings is 3. The summed E-state index contributed by atoms with van der Waals surface area (Å²) in [5.74, 6) is -0.0325. The molecule has 38 heavy (non-hydrogen) atoms. The number of fused-ring (bicyclic) bond motifs is 2. The van der Waals surface area contributed by atoms with E-state index in [0.717, 1.165) is 11.1 Å². The minimum atomic E-state index is -0.800. The number of halogens is 1.